The summed E-state index contributed by atoms with van der Waals surface area (Å²) in [6.07, 6.45) is 6.47. The van der Waals surface area contributed by atoms with Crippen LogP contribution < -0.4 is 4.74 Å². The fraction of sp³-hybridized carbons (Fsp3) is 0.100. The predicted molar refractivity (Wildman–Crippen MR) is 91.2 cm³/mol. The zero-order chi connectivity index (χ0) is 16.7. The van der Waals surface area contributed by atoms with Gasteiger partial charge >= 0.3 is 0 Å². The van der Waals surface area contributed by atoms with E-state index in [1.807, 2.05) is 0 Å². The summed E-state index contributed by atoms with van der Waals surface area (Å²) in [7, 11) is 0. The van der Waals surface area contributed by atoms with Crippen LogP contribution in [0.3, 0.4) is 0 Å². The number of hydrogen-bond acceptors (Lipinski definition) is 3. The van der Waals surface area contributed by atoms with E-state index in [1.165, 1.54) is 12.2 Å². The molecule has 0 fully saturated rings. The quantitative estimate of drug-likeness (QED) is 0.557. The van der Waals surface area contributed by atoms with Crippen molar-refractivity contribution in [2.75, 3.05) is 0 Å². The molecule has 116 valence electrons. The predicted octanol–water partition coefficient (Wildman–Crippen LogP) is 5.00. The van der Waals surface area contributed by atoms with Crippen LogP contribution in [0.15, 0.2) is 72.8 Å². The fourth-order valence-electron chi connectivity index (χ4n) is 2.01. The Morgan fingerprint density at radius 1 is 0.696 bits per heavy atom. The van der Waals surface area contributed by atoms with Gasteiger partial charge in [-0.25, -0.2) is 0 Å². The molecular formula is C20H18O3. The largest absolute Gasteiger partial charge is 0.457 e. The van der Waals surface area contributed by atoms with Gasteiger partial charge in [-0.05, 0) is 74.5 Å². The molecule has 23 heavy (non-hydrogen) atoms. The molecule has 2 aromatic rings. The molecule has 0 N–H and O–H groups in total. The highest BCUT2D eigenvalue weighted by molar-refractivity contribution is 6.05. The summed E-state index contributed by atoms with van der Waals surface area (Å²) in [6.45, 7) is 3.61. The minimum absolute atomic E-state index is 0.0362. The molecule has 0 amide bonds. The molecule has 0 bridgehead atoms. The van der Waals surface area contributed by atoms with E-state index in [9.17, 15) is 9.59 Å². The van der Waals surface area contributed by atoms with Crippen LogP contribution in [-0.4, -0.2) is 11.6 Å². The summed E-state index contributed by atoms with van der Waals surface area (Å²) < 4.78 is 5.71. The number of ketones is 2. The normalized spacial score (nSPS) is 11.0. The smallest absolute Gasteiger partial charge is 0.185 e. The highest BCUT2D eigenvalue weighted by Gasteiger charge is 2.04. The first-order chi connectivity index (χ1) is 11.1. The summed E-state index contributed by atoms with van der Waals surface area (Å²) in [4.78, 5) is 23.4. The fourth-order valence-corrected chi connectivity index (χ4v) is 2.01. The molecule has 0 aliphatic heterocycles. The van der Waals surface area contributed by atoms with E-state index in [4.69, 9.17) is 4.74 Å². The Hall–Kier alpha value is -2.94. The second-order valence-corrected chi connectivity index (χ2v) is 4.88. The van der Waals surface area contributed by atoms with Gasteiger partial charge in [0.1, 0.15) is 11.5 Å². The summed E-state index contributed by atoms with van der Waals surface area (Å²) in [5.41, 5.74) is 1.23. The maximum absolute atomic E-state index is 11.7. The third-order valence-electron chi connectivity index (χ3n) is 3.15. The summed E-state index contributed by atoms with van der Waals surface area (Å²) in [5, 5.41) is 0. The van der Waals surface area contributed by atoms with Crippen LogP contribution in [0.4, 0.5) is 0 Å². The average Bonchev–Trinajstić information content (AvgIpc) is 2.56. The van der Waals surface area contributed by atoms with Crippen LogP contribution in [0.25, 0.3) is 0 Å². The summed E-state index contributed by atoms with van der Waals surface area (Å²) in [6, 6.07) is 13.9. The van der Waals surface area contributed by atoms with Gasteiger partial charge in [0.2, 0.25) is 0 Å². The molecule has 0 spiro atoms. The first-order valence-electron chi connectivity index (χ1n) is 7.36. The minimum Gasteiger partial charge on any atom is -0.457 e. The molecule has 2 rings (SSSR count). The zero-order valence-electron chi connectivity index (χ0n) is 13.2. The Balaban J connectivity index is 2.07. The monoisotopic (exact) mass is 306 g/mol. The number of ether oxygens (including phenoxy) is 1. The molecule has 0 saturated heterocycles. The number of hydrogen-bond donors (Lipinski definition) is 0. The van der Waals surface area contributed by atoms with Crippen molar-refractivity contribution in [2.24, 2.45) is 0 Å². The van der Waals surface area contributed by atoms with Gasteiger partial charge in [0.05, 0.1) is 0 Å². The SMILES string of the molecule is C/C=C/C(=O)c1ccc(Oc2ccc(C(=O)/C=C/C)cc2)cc1. The van der Waals surface area contributed by atoms with Crippen molar-refractivity contribution >= 4 is 11.6 Å². The Labute approximate surface area is 135 Å². The van der Waals surface area contributed by atoms with Crippen LogP contribution in [0, 0.1) is 0 Å². The van der Waals surface area contributed by atoms with Gasteiger partial charge < -0.3 is 4.74 Å². The van der Waals surface area contributed by atoms with E-state index >= 15 is 0 Å². The van der Waals surface area contributed by atoms with E-state index in [0.717, 1.165) is 0 Å². The summed E-state index contributed by atoms with van der Waals surface area (Å²) >= 11 is 0. The van der Waals surface area contributed by atoms with Crippen molar-refractivity contribution in [3.05, 3.63) is 84.0 Å². The highest BCUT2D eigenvalue weighted by atomic mass is 16.5. The van der Waals surface area contributed by atoms with Crippen LogP contribution >= 0.6 is 0 Å². The Morgan fingerprint density at radius 2 is 1.04 bits per heavy atom. The number of carbonyl (C=O) groups is 2. The van der Waals surface area contributed by atoms with Gasteiger partial charge in [-0.1, -0.05) is 12.2 Å². The van der Waals surface area contributed by atoms with Gasteiger partial charge in [0, 0.05) is 11.1 Å². The Kier molecular flexibility index (Phi) is 5.64. The van der Waals surface area contributed by atoms with E-state index in [-0.39, 0.29) is 11.6 Å². The third-order valence-corrected chi connectivity index (χ3v) is 3.15. The first kappa shape index (κ1) is 16.4. The molecular weight excluding hydrogens is 288 g/mol. The molecule has 3 nitrogen and oxygen atoms in total. The van der Waals surface area contributed by atoms with Gasteiger partial charge in [0.15, 0.2) is 11.6 Å². The molecule has 0 saturated carbocycles. The van der Waals surface area contributed by atoms with E-state index in [0.29, 0.717) is 22.6 Å². The van der Waals surface area contributed by atoms with Gasteiger partial charge in [-0.2, -0.15) is 0 Å². The third kappa shape index (κ3) is 4.51. The van der Waals surface area contributed by atoms with Crippen LogP contribution in [0.5, 0.6) is 11.5 Å². The Bertz CT molecular complexity index is 670. The Morgan fingerprint density at radius 3 is 1.35 bits per heavy atom. The maximum atomic E-state index is 11.7. The molecule has 3 heteroatoms. The average molecular weight is 306 g/mol. The van der Waals surface area contributed by atoms with Crippen molar-refractivity contribution < 1.29 is 14.3 Å². The van der Waals surface area contributed by atoms with Gasteiger partial charge in [-0.3, -0.25) is 9.59 Å². The highest BCUT2D eigenvalue weighted by Crippen LogP contribution is 2.22. The molecule has 0 heterocycles. The lowest BCUT2D eigenvalue weighted by Crippen LogP contribution is -1.95. The molecule has 0 aromatic heterocycles. The van der Waals surface area contributed by atoms with E-state index in [1.54, 1.807) is 74.5 Å². The zero-order valence-corrected chi connectivity index (χ0v) is 13.2. The maximum Gasteiger partial charge on any atom is 0.185 e. The van der Waals surface area contributed by atoms with Crippen molar-refractivity contribution in [3.63, 3.8) is 0 Å². The molecule has 0 aliphatic carbocycles. The molecule has 0 aliphatic rings. The van der Waals surface area contributed by atoms with Crippen molar-refractivity contribution in [1.29, 1.82) is 0 Å². The number of rotatable bonds is 6. The standard InChI is InChI=1S/C20H18O3/c1-3-5-19(21)15-7-11-17(12-8-15)23-18-13-9-16(10-14-18)20(22)6-4-2/h3-14H,1-2H3/b5-3+,6-4+. The van der Waals surface area contributed by atoms with Gasteiger partial charge in [-0.15, -0.1) is 0 Å². The number of allylic oxidation sites excluding steroid dienone is 4. The van der Waals surface area contributed by atoms with E-state index in [2.05, 4.69) is 0 Å². The summed E-state index contributed by atoms with van der Waals surface area (Å²) in [5.74, 6) is 1.20. The lowest BCUT2D eigenvalue weighted by Gasteiger charge is -2.06. The molecule has 0 unspecified atom stereocenters. The topological polar surface area (TPSA) is 43.4 Å². The van der Waals surface area contributed by atoms with Crippen molar-refractivity contribution in [2.45, 2.75) is 13.8 Å². The lowest BCUT2D eigenvalue weighted by molar-refractivity contribution is 0.103. The minimum atomic E-state index is -0.0362. The van der Waals surface area contributed by atoms with Crippen molar-refractivity contribution in [3.8, 4) is 11.5 Å². The van der Waals surface area contributed by atoms with Crippen LogP contribution in [0.2, 0.25) is 0 Å². The van der Waals surface area contributed by atoms with Gasteiger partial charge in [0.25, 0.3) is 0 Å². The molecule has 2 aromatic carbocycles. The lowest BCUT2D eigenvalue weighted by atomic mass is 10.1. The van der Waals surface area contributed by atoms with Crippen LogP contribution in [0.1, 0.15) is 34.6 Å². The van der Waals surface area contributed by atoms with Crippen LogP contribution in [-0.2, 0) is 0 Å². The number of benzene rings is 2. The van der Waals surface area contributed by atoms with Crippen molar-refractivity contribution in [1.82, 2.24) is 0 Å². The first-order valence-corrected chi connectivity index (χ1v) is 7.36. The number of carbonyl (C=O) groups excluding carboxylic acids is 2. The second kappa shape index (κ2) is 7.90. The van der Waals surface area contributed by atoms with E-state index < -0.39 is 0 Å². The molecule has 0 atom stereocenters. The molecule has 0 radical (unpaired) electrons. The second-order valence-electron chi connectivity index (χ2n) is 4.88.